The molecule has 0 bridgehead atoms. The van der Waals surface area contributed by atoms with Gasteiger partial charge in [0.2, 0.25) is 10.0 Å². The van der Waals surface area contributed by atoms with E-state index in [0.29, 0.717) is 16.3 Å². The van der Waals surface area contributed by atoms with Gasteiger partial charge in [-0.3, -0.25) is 4.79 Å². The fourth-order valence-electron chi connectivity index (χ4n) is 2.04. The van der Waals surface area contributed by atoms with E-state index in [0.717, 1.165) is 0 Å². The second-order valence-corrected chi connectivity index (χ2v) is 7.15. The van der Waals surface area contributed by atoms with E-state index in [2.05, 4.69) is 10.0 Å². The molecule has 0 spiro atoms. The van der Waals surface area contributed by atoms with Crippen LogP contribution in [0.25, 0.3) is 0 Å². The van der Waals surface area contributed by atoms with E-state index in [9.17, 15) is 13.2 Å². The summed E-state index contributed by atoms with van der Waals surface area (Å²) in [7, 11) is -2.41. The van der Waals surface area contributed by atoms with Crippen molar-refractivity contribution >= 4 is 33.2 Å². The van der Waals surface area contributed by atoms with Crippen LogP contribution in [0.5, 0.6) is 5.75 Å². The SMILES string of the molecule is COc1ccc(S(=O)(=O)NCCO)cc1NC(=O)c1cccc(Cl)c1. The number of amides is 1. The zero-order chi connectivity index (χ0) is 18.4. The van der Waals surface area contributed by atoms with E-state index in [4.69, 9.17) is 21.4 Å². The van der Waals surface area contributed by atoms with Gasteiger partial charge in [0.25, 0.3) is 5.91 Å². The number of carbonyl (C=O) groups excluding carboxylic acids is 1. The van der Waals surface area contributed by atoms with Gasteiger partial charge < -0.3 is 15.2 Å². The van der Waals surface area contributed by atoms with Crippen LogP contribution < -0.4 is 14.8 Å². The van der Waals surface area contributed by atoms with Gasteiger partial charge in [-0.25, -0.2) is 13.1 Å². The number of carbonyl (C=O) groups is 1. The van der Waals surface area contributed by atoms with Crippen molar-refractivity contribution in [2.45, 2.75) is 4.90 Å². The maximum absolute atomic E-state index is 12.3. The second kappa shape index (κ2) is 8.30. The number of halogens is 1. The molecule has 7 nitrogen and oxygen atoms in total. The first-order chi connectivity index (χ1) is 11.9. The molecule has 0 atom stereocenters. The van der Waals surface area contributed by atoms with Gasteiger partial charge in [-0.05, 0) is 36.4 Å². The molecule has 0 fully saturated rings. The molecule has 0 aliphatic heterocycles. The first kappa shape index (κ1) is 19.2. The molecule has 134 valence electrons. The molecule has 2 rings (SSSR count). The van der Waals surface area contributed by atoms with E-state index in [1.807, 2.05) is 0 Å². The highest BCUT2D eigenvalue weighted by molar-refractivity contribution is 7.89. The highest BCUT2D eigenvalue weighted by Crippen LogP contribution is 2.28. The third-order valence-electron chi connectivity index (χ3n) is 3.22. The molecular formula is C16H17ClN2O5S. The third kappa shape index (κ3) is 4.93. The standard InChI is InChI=1S/C16H17ClN2O5S/c1-24-15-6-5-13(25(22,23)18-7-8-20)10-14(15)19-16(21)11-3-2-4-12(17)9-11/h2-6,9-10,18,20H,7-8H2,1H3,(H,19,21). The van der Waals surface area contributed by atoms with Gasteiger partial charge in [0.1, 0.15) is 5.75 Å². The van der Waals surface area contributed by atoms with Gasteiger partial charge >= 0.3 is 0 Å². The average Bonchev–Trinajstić information content (AvgIpc) is 2.60. The van der Waals surface area contributed by atoms with E-state index in [-0.39, 0.29) is 23.7 Å². The number of anilines is 1. The Morgan fingerprint density at radius 2 is 2.00 bits per heavy atom. The summed E-state index contributed by atoms with van der Waals surface area (Å²) in [5, 5.41) is 11.8. The van der Waals surface area contributed by atoms with Gasteiger partial charge in [0.15, 0.2) is 0 Å². The van der Waals surface area contributed by atoms with Crippen molar-refractivity contribution in [3.63, 3.8) is 0 Å². The lowest BCUT2D eigenvalue weighted by Crippen LogP contribution is -2.26. The van der Waals surface area contributed by atoms with Gasteiger partial charge in [0.05, 0.1) is 24.3 Å². The average molecular weight is 385 g/mol. The number of methoxy groups -OCH3 is 1. The maximum atomic E-state index is 12.3. The molecule has 0 radical (unpaired) electrons. The number of hydrogen-bond donors (Lipinski definition) is 3. The van der Waals surface area contributed by atoms with Crippen molar-refractivity contribution in [2.75, 3.05) is 25.6 Å². The van der Waals surface area contributed by atoms with Crippen molar-refractivity contribution in [2.24, 2.45) is 0 Å². The number of aliphatic hydroxyl groups excluding tert-OH is 1. The first-order valence-corrected chi connectivity index (χ1v) is 9.09. The molecule has 2 aromatic rings. The van der Waals surface area contributed by atoms with Crippen LogP contribution in [0.4, 0.5) is 5.69 Å². The molecule has 3 N–H and O–H groups in total. The summed E-state index contributed by atoms with van der Waals surface area (Å²) in [4.78, 5) is 12.3. The van der Waals surface area contributed by atoms with Crippen LogP contribution in [-0.2, 0) is 10.0 Å². The summed E-state index contributed by atoms with van der Waals surface area (Å²) in [6.07, 6.45) is 0. The second-order valence-electron chi connectivity index (χ2n) is 4.95. The number of nitrogens with one attached hydrogen (secondary N) is 2. The lowest BCUT2D eigenvalue weighted by molar-refractivity contribution is 0.102. The Hall–Kier alpha value is -2.13. The molecule has 0 aliphatic rings. The predicted molar refractivity (Wildman–Crippen MR) is 94.7 cm³/mol. The minimum atomic E-state index is -3.82. The number of sulfonamides is 1. The molecule has 2 aromatic carbocycles. The fraction of sp³-hybridized carbons (Fsp3) is 0.188. The Balaban J connectivity index is 2.33. The van der Waals surface area contributed by atoms with Crippen LogP contribution in [0, 0.1) is 0 Å². The highest BCUT2D eigenvalue weighted by atomic mass is 35.5. The van der Waals surface area contributed by atoms with Crippen molar-refractivity contribution in [1.82, 2.24) is 4.72 Å². The van der Waals surface area contributed by atoms with Crippen LogP contribution in [0.2, 0.25) is 5.02 Å². The maximum Gasteiger partial charge on any atom is 0.255 e. The van der Waals surface area contributed by atoms with Crippen molar-refractivity contribution < 1.29 is 23.1 Å². The van der Waals surface area contributed by atoms with Crippen LogP contribution >= 0.6 is 11.6 Å². The molecule has 0 aliphatic carbocycles. The monoisotopic (exact) mass is 384 g/mol. The van der Waals surface area contributed by atoms with Crippen LogP contribution in [-0.4, -0.2) is 39.7 Å². The highest BCUT2D eigenvalue weighted by Gasteiger charge is 2.17. The Labute approximate surface area is 150 Å². The predicted octanol–water partition coefficient (Wildman–Crippen LogP) is 1.87. The summed E-state index contributed by atoms with van der Waals surface area (Å²) in [5.74, 6) is -0.157. The van der Waals surface area contributed by atoms with E-state index >= 15 is 0 Å². The summed E-state index contributed by atoms with van der Waals surface area (Å²) < 4.78 is 31.7. The Morgan fingerprint density at radius 1 is 1.24 bits per heavy atom. The number of hydrogen-bond acceptors (Lipinski definition) is 5. The molecule has 0 saturated heterocycles. The number of ether oxygens (including phenoxy) is 1. The minimum Gasteiger partial charge on any atom is -0.495 e. The fourth-order valence-corrected chi connectivity index (χ4v) is 3.28. The van der Waals surface area contributed by atoms with Crippen LogP contribution in [0.15, 0.2) is 47.4 Å². The van der Waals surface area contributed by atoms with Crippen molar-refractivity contribution in [1.29, 1.82) is 0 Å². The van der Waals surface area contributed by atoms with Crippen molar-refractivity contribution in [3.05, 3.63) is 53.1 Å². The lowest BCUT2D eigenvalue weighted by atomic mass is 10.2. The minimum absolute atomic E-state index is 0.0665. The zero-order valence-electron chi connectivity index (χ0n) is 13.3. The smallest absolute Gasteiger partial charge is 0.255 e. The zero-order valence-corrected chi connectivity index (χ0v) is 14.9. The van der Waals surface area contributed by atoms with Gasteiger partial charge in [0, 0.05) is 17.1 Å². The number of aliphatic hydroxyl groups is 1. The molecule has 1 amide bonds. The van der Waals surface area contributed by atoms with Gasteiger partial charge in [-0.1, -0.05) is 17.7 Å². The van der Waals surface area contributed by atoms with Crippen LogP contribution in [0.3, 0.4) is 0 Å². The summed E-state index contributed by atoms with van der Waals surface area (Å²) >= 11 is 5.87. The molecule has 0 heterocycles. The molecule has 0 unspecified atom stereocenters. The third-order valence-corrected chi connectivity index (χ3v) is 4.91. The Bertz CT molecular complexity index is 871. The topological polar surface area (TPSA) is 105 Å². The van der Waals surface area contributed by atoms with E-state index < -0.39 is 15.9 Å². The quantitative estimate of drug-likeness (QED) is 0.676. The molecule has 25 heavy (non-hydrogen) atoms. The largest absolute Gasteiger partial charge is 0.495 e. The molecule has 9 heteroatoms. The molecule has 0 saturated carbocycles. The lowest BCUT2D eigenvalue weighted by Gasteiger charge is -2.13. The number of benzene rings is 2. The van der Waals surface area contributed by atoms with E-state index in [1.54, 1.807) is 18.2 Å². The first-order valence-electron chi connectivity index (χ1n) is 7.23. The van der Waals surface area contributed by atoms with Crippen molar-refractivity contribution in [3.8, 4) is 5.75 Å². The van der Waals surface area contributed by atoms with Gasteiger partial charge in [-0.2, -0.15) is 0 Å². The van der Waals surface area contributed by atoms with E-state index in [1.165, 1.54) is 31.4 Å². The Morgan fingerprint density at radius 3 is 2.64 bits per heavy atom. The summed E-state index contributed by atoms with van der Waals surface area (Å²) in [6, 6.07) is 10.4. The van der Waals surface area contributed by atoms with Gasteiger partial charge in [-0.15, -0.1) is 0 Å². The Kier molecular flexibility index (Phi) is 6.38. The molecule has 0 aromatic heterocycles. The summed E-state index contributed by atoms with van der Waals surface area (Å²) in [6.45, 7) is -0.438. The van der Waals surface area contributed by atoms with Crippen LogP contribution in [0.1, 0.15) is 10.4 Å². The summed E-state index contributed by atoms with van der Waals surface area (Å²) in [5.41, 5.74) is 0.514. The number of rotatable bonds is 7. The molecular weight excluding hydrogens is 368 g/mol. The normalized spacial score (nSPS) is 11.2.